The van der Waals surface area contributed by atoms with Gasteiger partial charge in [0.05, 0.1) is 5.02 Å². The third kappa shape index (κ3) is 1.95. The largest absolute Gasteiger partial charge is 0.384 e. The number of hydrogen-bond acceptors (Lipinski definition) is 2. The van der Waals surface area contributed by atoms with Gasteiger partial charge in [-0.3, -0.25) is 0 Å². The molecule has 0 aliphatic heterocycles. The van der Waals surface area contributed by atoms with E-state index in [0.29, 0.717) is 10.8 Å². The van der Waals surface area contributed by atoms with Gasteiger partial charge in [-0.25, -0.2) is 4.98 Å². The van der Waals surface area contributed by atoms with Crippen molar-refractivity contribution in [1.29, 1.82) is 0 Å². The molecule has 2 N–H and O–H groups in total. The summed E-state index contributed by atoms with van der Waals surface area (Å²) < 4.78 is 0. The number of rotatable bonds is 1. The van der Waals surface area contributed by atoms with Gasteiger partial charge < -0.3 is 5.73 Å². The van der Waals surface area contributed by atoms with E-state index in [1.165, 1.54) is 5.56 Å². The van der Waals surface area contributed by atoms with Crippen LogP contribution in [0.25, 0.3) is 11.1 Å². The van der Waals surface area contributed by atoms with Gasteiger partial charge >= 0.3 is 0 Å². The van der Waals surface area contributed by atoms with Crippen LogP contribution in [0.2, 0.25) is 5.02 Å². The summed E-state index contributed by atoms with van der Waals surface area (Å²) in [6.07, 6.45) is 1.71. The lowest BCUT2D eigenvalue weighted by molar-refractivity contribution is 1.33. The molecule has 1 aromatic heterocycles. The van der Waals surface area contributed by atoms with Gasteiger partial charge in [-0.05, 0) is 24.1 Å². The fraction of sp³-hybridized carbons (Fsp3) is 0.0833. The molecule has 3 heteroatoms. The number of halogens is 1. The molecule has 1 aromatic carbocycles. The maximum atomic E-state index is 6.12. The van der Waals surface area contributed by atoms with E-state index in [1.807, 2.05) is 31.2 Å². The van der Waals surface area contributed by atoms with Crippen LogP contribution in [0.15, 0.2) is 36.5 Å². The van der Waals surface area contributed by atoms with Gasteiger partial charge in [-0.2, -0.15) is 0 Å². The number of nitrogens with two attached hydrogens (primary N) is 1. The first-order chi connectivity index (χ1) is 7.18. The number of aryl methyl sites for hydroxylation is 1. The Morgan fingerprint density at radius 2 is 1.93 bits per heavy atom. The molecule has 0 saturated carbocycles. The molecule has 0 spiro atoms. The van der Waals surface area contributed by atoms with E-state index in [9.17, 15) is 0 Å². The van der Waals surface area contributed by atoms with Crippen molar-refractivity contribution in [3.8, 4) is 11.1 Å². The van der Waals surface area contributed by atoms with Crippen LogP contribution >= 0.6 is 11.6 Å². The van der Waals surface area contributed by atoms with Crippen LogP contribution < -0.4 is 5.73 Å². The summed E-state index contributed by atoms with van der Waals surface area (Å²) in [4.78, 5) is 4.05. The van der Waals surface area contributed by atoms with Gasteiger partial charge in [0.2, 0.25) is 0 Å². The number of hydrogen-bond donors (Lipinski definition) is 1. The van der Waals surface area contributed by atoms with E-state index in [0.717, 1.165) is 11.1 Å². The Morgan fingerprint density at radius 3 is 2.60 bits per heavy atom. The first-order valence-electron chi connectivity index (χ1n) is 4.65. The highest BCUT2D eigenvalue weighted by Crippen LogP contribution is 2.30. The monoisotopic (exact) mass is 218 g/mol. The smallest absolute Gasteiger partial charge is 0.124 e. The molecular weight excluding hydrogens is 208 g/mol. The zero-order valence-corrected chi connectivity index (χ0v) is 9.12. The number of benzene rings is 1. The van der Waals surface area contributed by atoms with Gasteiger partial charge in [-0.1, -0.05) is 35.9 Å². The Kier molecular flexibility index (Phi) is 2.60. The van der Waals surface area contributed by atoms with E-state index >= 15 is 0 Å². The normalized spacial score (nSPS) is 10.3. The van der Waals surface area contributed by atoms with Crippen molar-refractivity contribution >= 4 is 17.4 Å². The topological polar surface area (TPSA) is 38.9 Å². The van der Waals surface area contributed by atoms with Crippen LogP contribution in [0.5, 0.6) is 0 Å². The zero-order chi connectivity index (χ0) is 10.8. The molecule has 0 aliphatic carbocycles. The van der Waals surface area contributed by atoms with Gasteiger partial charge in [-0.15, -0.1) is 0 Å². The quantitative estimate of drug-likeness (QED) is 0.798. The van der Waals surface area contributed by atoms with Crippen LogP contribution in [-0.2, 0) is 0 Å². The highest BCUT2D eigenvalue weighted by atomic mass is 35.5. The molecule has 76 valence electrons. The lowest BCUT2D eigenvalue weighted by atomic mass is 10.0. The Bertz CT molecular complexity index is 495. The number of pyridine rings is 1. The third-order valence-corrected chi connectivity index (χ3v) is 2.62. The minimum Gasteiger partial charge on any atom is -0.384 e. The summed E-state index contributed by atoms with van der Waals surface area (Å²) >= 11 is 6.12. The molecule has 0 aliphatic rings. The van der Waals surface area contributed by atoms with Crippen LogP contribution in [-0.4, -0.2) is 4.98 Å². The Labute approximate surface area is 93.7 Å². The molecule has 0 atom stereocenters. The van der Waals surface area contributed by atoms with Crippen LogP contribution in [0.4, 0.5) is 5.82 Å². The van der Waals surface area contributed by atoms with E-state index in [1.54, 1.807) is 12.3 Å². The second-order valence-corrected chi connectivity index (χ2v) is 3.81. The molecule has 0 bridgehead atoms. The molecule has 0 radical (unpaired) electrons. The average molecular weight is 219 g/mol. The predicted octanol–water partition coefficient (Wildman–Crippen LogP) is 3.29. The molecule has 15 heavy (non-hydrogen) atoms. The Hall–Kier alpha value is -1.54. The van der Waals surface area contributed by atoms with Crippen LogP contribution in [0.3, 0.4) is 0 Å². The predicted molar refractivity (Wildman–Crippen MR) is 63.8 cm³/mol. The summed E-state index contributed by atoms with van der Waals surface area (Å²) in [6.45, 7) is 2.04. The minimum atomic E-state index is 0.442. The van der Waals surface area contributed by atoms with Crippen molar-refractivity contribution in [1.82, 2.24) is 4.98 Å². The molecule has 2 rings (SSSR count). The van der Waals surface area contributed by atoms with Crippen molar-refractivity contribution in [2.45, 2.75) is 6.92 Å². The first-order valence-corrected chi connectivity index (χ1v) is 5.03. The lowest BCUT2D eigenvalue weighted by Gasteiger charge is -2.07. The highest BCUT2D eigenvalue weighted by Gasteiger charge is 2.06. The summed E-state index contributed by atoms with van der Waals surface area (Å²) in [5, 5.41) is 0.636. The van der Waals surface area contributed by atoms with Gasteiger partial charge in [0.25, 0.3) is 0 Å². The summed E-state index contributed by atoms with van der Waals surface area (Å²) in [6, 6.07) is 9.71. The zero-order valence-electron chi connectivity index (χ0n) is 8.37. The lowest BCUT2D eigenvalue weighted by Crippen LogP contribution is -1.91. The molecule has 0 amide bonds. The maximum Gasteiger partial charge on any atom is 0.124 e. The van der Waals surface area contributed by atoms with Gasteiger partial charge in [0, 0.05) is 11.8 Å². The van der Waals surface area contributed by atoms with Gasteiger partial charge in [0.15, 0.2) is 0 Å². The van der Waals surface area contributed by atoms with E-state index in [4.69, 9.17) is 17.3 Å². The van der Waals surface area contributed by atoms with Crippen molar-refractivity contribution < 1.29 is 0 Å². The van der Waals surface area contributed by atoms with Crippen molar-refractivity contribution in [3.63, 3.8) is 0 Å². The third-order valence-electron chi connectivity index (χ3n) is 2.31. The fourth-order valence-corrected chi connectivity index (χ4v) is 1.78. The van der Waals surface area contributed by atoms with E-state index in [-0.39, 0.29) is 0 Å². The molecule has 2 nitrogen and oxygen atoms in total. The standard InChI is InChI=1S/C12H11ClN2/c1-8-4-2-3-5-9(8)10-7-15-12(14)6-11(10)13/h2-7H,1H3,(H2,14,15). The first kappa shape index (κ1) is 9.99. The molecule has 2 aromatic rings. The van der Waals surface area contributed by atoms with Crippen molar-refractivity contribution in [2.24, 2.45) is 0 Å². The average Bonchev–Trinajstić information content (AvgIpc) is 2.20. The molecule has 0 fully saturated rings. The molecular formula is C12H11ClN2. The van der Waals surface area contributed by atoms with E-state index < -0.39 is 0 Å². The Morgan fingerprint density at radius 1 is 1.20 bits per heavy atom. The highest BCUT2D eigenvalue weighted by molar-refractivity contribution is 6.33. The molecule has 0 unspecified atom stereocenters. The number of nitrogen functional groups attached to an aromatic ring is 1. The van der Waals surface area contributed by atoms with Crippen LogP contribution in [0.1, 0.15) is 5.56 Å². The maximum absolute atomic E-state index is 6.12. The second kappa shape index (κ2) is 3.91. The summed E-state index contributed by atoms with van der Waals surface area (Å²) in [5.74, 6) is 0.442. The molecule has 0 saturated heterocycles. The molecule has 1 heterocycles. The second-order valence-electron chi connectivity index (χ2n) is 3.40. The SMILES string of the molecule is Cc1ccccc1-c1cnc(N)cc1Cl. The van der Waals surface area contributed by atoms with Crippen LogP contribution in [0, 0.1) is 6.92 Å². The number of nitrogens with zero attached hydrogens (tertiary/aromatic N) is 1. The van der Waals surface area contributed by atoms with Crippen molar-refractivity contribution in [3.05, 3.63) is 47.1 Å². The number of anilines is 1. The van der Waals surface area contributed by atoms with E-state index in [2.05, 4.69) is 4.98 Å². The number of aromatic nitrogens is 1. The van der Waals surface area contributed by atoms with Gasteiger partial charge in [0.1, 0.15) is 5.82 Å². The van der Waals surface area contributed by atoms with Crippen molar-refractivity contribution in [2.75, 3.05) is 5.73 Å². The summed E-state index contributed by atoms with van der Waals surface area (Å²) in [7, 11) is 0. The fourth-order valence-electron chi connectivity index (χ4n) is 1.52. The Balaban J connectivity index is 2.60. The summed E-state index contributed by atoms with van der Waals surface area (Å²) in [5.41, 5.74) is 8.73. The minimum absolute atomic E-state index is 0.442.